The van der Waals surface area contributed by atoms with E-state index in [0.29, 0.717) is 24.2 Å². The Bertz CT molecular complexity index is 461. The van der Waals surface area contributed by atoms with E-state index in [1.54, 1.807) is 6.07 Å². The summed E-state index contributed by atoms with van der Waals surface area (Å²) in [6, 6.07) is 1.42. The van der Waals surface area contributed by atoms with Gasteiger partial charge in [0.1, 0.15) is 0 Å². The average Bonchev–Trinajstić information content (AvgIpc) is 2.67. The summed E-state index contributed by atoms with van der Waals surface area (Å²) in [5, 5.41) is 0. The summed E-state index contributed by atoms with van der Waals surface area (Å²) in [6.45, 7) is 0.450. The zero-order valence-electron chi connectivity index (χ0n) is 9.42. The second-order valence-electron chi connectivity index (χ2n) is 3.89. The van der Waals surface area contributed by atoms with Crippen molar-refractivity contribution in [2.24, 2.45) is 5.73 Å². The Balaban J connectivity index is 2.27. The number of aromatic nitrogens is 1. The molecule has 0 aromatic carbocycles. The molecule has 1 fully saturated rings. The van der Waals surface area contributed by atoms with E-state index in [1.165, 1.54) is 24.4 Å². The topological polar surface area (TPSA) is 85.5 Å². The number of carbonyl (C=O) groups excluding carboxylic acids is 2. The predicted octanol–water partition coefficient (Wildman–Crippen LogP) is -0.0678. The standard InChI is InChI=1S/C11H13N3O3/c1-17-11(16)7-2-9(5-13-4-7)14-6-8(12)3-10(14)15/h2,4-5,8H,3,6,12H2,1H3. The smallest absolute Gasteiger partial charge is 0.339 e. The third-order valence-electron chi connectivity index (χ3n) is 2.61. The third-order valence-corrected chi connectivity index (χ3v) is 2.61. The van der Waals surface area contributed by atoms with Crippen LogP contribution in [0.15, 0.2) is 18.5 Å². The molecule has 0 radical (unpaired) electrons. The Morgan fingerprint density at radius 2 is 2.35 bits per heavy atom. The Hall–Kier alpha value is -1.95. The number of ether oxygens (including phenoxy) is 1. The SMILES string of the molecule is COC(=O)c1cncc(N2CC(N)CC2=O)c1. The van der Waals surface area contributed by atoms with E-state index in [9.17, 15) is 9.59 Å². The lowest BCUT2D eigenvalue weighted by Crippen LogP contribution is -2.28. The quantitative estimate of drug-likeness (QED) is 0.725. The fraction of sp³-hybridized carbons (Fsp3) is 0.364. The second kappa shape index (κ2) is 4.50. The zero-order chi connectivity index (χ0) is 12.4. The van der Waals surface area contributed by atoms with Gasteiger partial charge in [0.2, 0.25) is 5.91 Å². The predicted molar refractivity (Wildman–Crippen MR) is 60.5 cm³/mol. The van der Waals surface area contributed by atoms with Crippen LogP contribution in [-0.4, -0.2) is 36.6 Å². The summed E-state index contributed by atoms with van der Waals surface area (Å²) < 4.78 is 4.59. The molecule has 1 aromatic heterocycles. The van der Waals surface area contributed by atoms with E-state index >= 15 is 0 Å². The van der Waals surface area contributed by atoms with Gasteiger partial charge in [0.15, 0.2) is 0 Å². The van der Waals surface area contributed by atoms with Crippen LogP contribution in [0, 0.1) is 0 Å². The van der Waals surface area contributed by atoms with Crippen LogP contribution in [0.5, 0.6) is 0 Å². The number of anilines is 1. The molecule has 1 atom stereocenters. The first-order chi connectivity index (χ1) is 8.11. The summed E-state index contributed by atoms with van der Waals surface area (Å²) in [4.78, 5) is 28.4. The molecule has 1 aliphatic rings. The van der Waals surface area contributed by atoms with Crippen LogP contribution in [0.1, 0.15) is 16.8 Å². The van der Waals surface area contributed by atoms with Crippen LogP contribution in [0.4, 0.5) is 5.69 Å². The molecule has 2 N–H and O–H groups in total. The molecule has 90 valence electrons. The highest BCUT2D eigenvalue weighted by Gasteiger charge is 2.28. The number of esters is 1. The van der Waals surface area contributed by atoms with Gasteiger partial charge in [-0.1, -0.05) is 0 Å². The first kappa shape index (κ1) is 11.5. The molecule has 1 unspecified atom stereocenters. The largest absolute Gasteiger partial charge is 0.465 e. The molecule has 0 spiro atoms. The van der Waals surface area contributed by atoms with Crippen LogP contribution in [0.3, 0.4) is 0 Å². The Labute approximate surface area is 98.4 Å². The van der Waals surface area contributed by atoms with E-state index in [2.05, 4.69) is 9.72 Å². The van der Waals surface area contributed by atoms with Gasteiger partial charge in [-0.05, 0) is 6.07 Å². The van der Waals surface area contributed by atoms with Crippen molar-refractivity contribution in [3.05, 3.63) is 24.0 Å². The number of hydrogen-bond donors (Lipinski definition) is 1. The number of carbonyl (C=O) groups is 2. The molecule has 0 saturated carbocycles. The Morgan fingerprint density at radius 1 is 1.59 bits per heavy atom. The maximum absolute atomic E-state index is 11.6. The van der Waals surface area contributed by atoms with Crippen LogP contribution in [0.25, 0.3) is 0 Å². The molecule has 0 bridgehead atoms. The lowest BCUT2D eigenvalue weighted by molar-refractivity contribution is -0.117. The second-order valence-corrected chi connectivity index (χ2v) is 3.89. The van der Waals surface area contributed by atoms with Crippen LogP contribution in [0.2, 0.25) is 0 Å². The van der Waals surface area contributed by atoms with Crippen LogP contribution >= 0.6 is 0 Å². The van der Waals surface area contributed by atoms with Crippen molar-refractivity contribution in [3.8, 4) is 0 Å². The maximum Gasteiger partial charge on any atom is 0.339 e. The average molecular weight is 235 g/mol. The molecular weight excluding hydrogens is 222 g/mol. The molecule has 17 heavy (non-hydrogen) atoms. The van der Waals surface area contributed by atoms with Crippen molar-refractivity contribution in [3.63, 3.8) is 0 Å². The number of amides is 1. The molecular formula is C11H13N3O3. The van der Waals surface area contributed by atoms with Crippen LogP contribution < -0.4 is 10.6 Å². The molecule has 2 heterocycles. The normalized spacial score (nSPS) is 19.5. The van der Waals surface area contributed by atoms with Gasteiger partial charge in [0, 0.05) is 25.2 Å². The molecule has 2 rings (SSSR count). The summed E-state index contributed by atoms with van der Waals surface area (Å²) >= 11 is 0. The van der Waals surface area contributed by atoms with Crippen molar-refractivity contribution in [1.29, 1.82) is 0 Å². The fourth-order valence-electron chi connectivity index (χ4n) is 1.79. The first-order valence-electron chi connectivity index (χ1n) is 5.21. The van der Waals surface area contributed by atoms with Crippen molar-refractivity contribution in [2.75, 3.05) is 18.6 Å². The van der Waals surface area contributed by atoms with Crippen molar-refractivity contribution < 1.29 is 14.3 Å². The van der Waals surface area contributed by atoms with Gasteiger partial charge in [-0.25, -0.2) is 4.79 Å². The van der Waals surface area contributed by atoms with Gasteiger partial charge in [0.05, 0.1) is 24.6 Å². The summed E-state index contributed by atoms with van der Waals surface area (Å²) in [6.07, 6.45) is 3.25. The van der Waals surface area contributed by atoms with Crippen LogP contribution in [-0.2, 0) is 9.53 Å². The monoisotopic (exact) mass is 235 g/mol. The third kappa shape index (κ3) is 2.26. The van der Waals surface area contributed by atoms with Crippen molar-refractivity contribution >= 4 is 17.6 Å². The van der Waals surface area contributed by atoms with Crippen molar-refractivity contribution in [2.45, 2.75) is 12.5 Å². The zero-order valence-corrected chi connectivity index (χ0v) is 9.42. The summed E-state index contributed by atoms with van der Waals surface area (Å²) in [7, 11) is 1.30. The number of rotatable bonds is 2. The van der Waals surface area contributed by atoms with Gasteiger partial charge in [-0.3, -0.25) is 9.78 Å². The highest BCUT2D eigenvalue weighted by molar-refractivity contribution is 5.97. The van der Waals surface area contributed by atoms with E-state index in [0.717, 1.165) is 0 Å². The fourth-order valence-corrected chi connectivity index (χ4v) is 1.79. The van der Waals surface area contributed by atoms with E-state index in [1.807, 2.05) is 0 Å². The van der Waals surface area contributed by atoms with Gasteiger partial charge in [-0.2, -0.15) is 0 Å². The molecule has 6 heteroatoms. The lowest BCUT2D eigenvalue weighted by Gasteiger charge is -2.15. The van der Waals surface area contributed by atoms with Gasteiger partial charge < -0.3 is 15.4 Å². The first-order valence-corrected chi connectivity index (χ1v) is 5.21. The van der Waals surface area contributed by atoms with E-state index in [4.69, 9.17) is 5.73 Å². The van der Waals surface area contributed by atoms with Gasteiger partial charge in [-0.15, -0.1) is 0 Å². The van der Waals surface area contributed by atoms with Gasteiger partial charge >= 0.3 is 5.97 Å². The molecule has 1 aliphatic heterocycles. The molecule has 1 aromatic rings. The van der Waals surface area contributed by atoms with Gasteiger partial charge in [0.25, 0.3) is 0 Å². The minimum atomic E-state index is -0.477. The molecule has 0 aliphatic carbocycles. The minimum absolute atomic E-state index is 0.0543. The maximum atomic E-state index is 11.6. The van der Waals surface area contributed by atoms with E-state index in [-0.39, 0.29) is 11.9 Å². The molecule has 1 saturated heterocycles. The number of nitrogens with two attached hydrogens (primary N) is 1. The lowest BCUT2D eigenvalue weighted by atomic mass is 10.2. The number of pyridine rings is 1. The Kier molecular flexibility index (Phi) is 3.06. The number of methoxy groups -OCH3 is 1. The van der Waals surface area contributed by atoms with Crippen molar-refractivity contribution in [1.82, 2.24) is 4.98 Å². The Morgan fingerprint density at radius 3 is 2.94 bits per heavy atom. The summed E-state index contributed by atoms with van der Waals surface area (Å²) in [5.74, 6) is -0.531. The highest BCUT2D eigenvalue weighted by Crippen LogP contribution is 2.21. The molecule has 1 amide bonds. The highest BCUT2D eigenvalue weighted by atomic mass is 16.5. The number of hydrogen-bond acceptors (Lipinski definition) is 5. The summed E-state index contributed by atoms with van der Waals surface area (Å²) in [5.41, 5.74) is 6.60. The molecule has 6 nitrogen and oxygen atoms in total. The van der Waals surface area contributed by atoms with E-state index < -0.39 is 5.97 Å². The number of nitrogens with zero attached hydrogens (tertiary/aromatic N) is 2. The minimum Gasteiger partial charge on any atom is -0.465 e.